The van der Waals surface area contributed by atoms with Crippen LogP contribution in [0.4, 0.5) is 5.82 Å². The van der Waals surface area contributed by atoms with Gasteiger partial charge >= 0.3 is 0 Å². The van der Waals surface area contributed by atoms with Gasteiger partial charge in [-0.15, -0.1) is 23.4 Å². The third kappa shape index (κ3) is 5.01. The first kappa shape index (κ1) is 13.5. The Labute approximate surface area is 105 Å². The Hall–Kier alpha value is -0.520. The van der Waals surface area contributed by atoms with Gasteiger partial charge in [0.25, 0.3) is 0 Å². The molecule has 1 aromatic heterocycles. The fourth-order valence-electron chi connectivity index (χ4n) is 1.17. The van der Waals surface area contributed by atoms with Gasteiger partial charge < -0.3 is 10.1 Å². The number of anilines is 1. The summed E-state index contributed by atoms with van der Waals surface area (Å²) in [4.78, 5) is 8.22. The quantitative estimate of drug-likeness (QED) is 0.463. The maximum atomic E-state index is 6.00. The van der Waals surface area contributed by atoms with Crippen molar-refractivity contribution < 1.29 is 4.74 Å². The zero-order chi connectivity index (χ0) is 11.8. The van der Waals surface area contributed by atoms with Gasteiger partial charge in [0.15, 0.2) is 0 Å². The molecule has 6 heteroatoms. The number of rotatable bonds is 7. The molecule has 0 aromatic carbocycles. The summed E-state index contributed by atoms with van der Waals surface area (Å²) in [5.74, 6) is 0.834. The molecular weight excluding hydrogens is 246 g/mol. The van der Waals surface area contributed by atoms with Crippen molar-refractivity contribution in [2.45, 2.75) is 16.8 Å². The number of aromatic nitrogens is 2. The van der Waals surface area contributed by atoms with Gasteiger partial charge in [-0.2, -0.15) is 0 Å². The van der Waals surface area contributed by atoms with E-state index in [9.17, 15) is 0 Å². The molecule has 0 spiro atoms. The number of methoxy groups -OCH3 is 1. The molecule has 1 aromatic rings. The van der Waals surface area contributed by atoms with E-state index in [-0.39, 0.29) is 5.38 Å². The first-order valence-electron chi connectivity index (χ1n) is 4.99. The summed E-state index contributed by atoms with van der Waals surface area (Å²) >= 11 is 7.60. The van der Waals surface area contributed by atoms with Crippen LogP contribution in [0, 0.1) is 0 Å². The fraction of sp³-hybridized carbons (Fsp3) is 0.600. The number of hydrogen-bond donors (Lipinski definition) is 1. The van der Waals surface area contributed by atoms with Crippen LogP contribution < -0.4 is 5.32 Å². The van der Waals surface area contributed by atoms with Crippen LogP contribution >= 0.6 is 23.4 Å². The van der Waals surface area contributed by atoms with E-state index >= 15 is 0 Å². The fourth-order valence-corrected chi connectivity index (χ4v) is 1.79. The molecular formula is C10H16ClN3OS. The summed E-state index contributed by atoms with van der Waals surface area (Å²) in [7, 11) is 1.65. The van der Waals surface area contributed by atoms with Gasteiger partial charge in [-0.05, 0) is 12.7 Å². The van der Waals surface area contributed by atoms with Crippen LogP contribution in [0.1, 0.15) is 6.42 Å². The van der Waals surface area contributed by atoms with E-state index in [0.29, 0.717) is 6.61 Å². The van der Waals surface area contributed by atoms with Gasteiger partial charge in [-0.25, -0.2) is 9.97 Å². The Morgan fingerprint density at radius 1 is 1.56 bits per heavy atom. The standard InChI is InChI=1S/C10H16ClN3OS/c1-15-6-8(11)3-4-12-9-5-10(16-2)14-7-13-9/h5,7-8H,3-4,6H2,1-2H3,(H,12,13,14). The minimum Gasteiger partial charge on any atom is -0.383 e. The van der Waals surface area contributed by atoms with Crippen LogP contribution in [-0.2, 0) is 4.74 Å². The highest BCUT2D eigenvalue weighted by atomic mass is 35.5. The first-order chi connectivity index (χ1) is 7.76. The smallest absolute Gasteiger partial charge is 0.130 e. The summed E-state index contributed by atoms with van der Waals surface area (Å²) in [6, 6.07) is 1.92. The van der Waals surface area contributed by atoms with Gasteiger partial charge in [0.1, 0.15) is 17.2 Å². The van der Waals surface area contributed by atoms with Crippen LogP contribution in [0.25, 0.3) is 0 Å². The predicted octanol–water partition coefficient (Wildman–Crippen LogP) is 2.25. The molecule has 0 fully saturated rings. The maximum absolute atomic E-state index is 6.00. The molecule has 1 atom stereocenters. The second-order valence-corrected chi connectivity index (χ2v) is 4.66. The highest BCUT2D eigenvalue weighted by Crippen LogP contribution is 2.13. The summed E-state index contributed by atoms with van der Waals surface area (Å²) < 4.78 is 4.95. The lowest BCUT2D eigenvalue weighted by molar-refractivity contribution is 0.196. The molecule has 1 unspecified atom stereocenters. The minimum atomic E-state index is 0.0411. The van der Waals surface area contributed by atoms with Crippen LogP contribution in [0.2, 0.25) is 0 Å². The maximum Gasteiger partial charge on any atom is 0.130 e. The monoisotopic (exact) mass is 261 g/mol. The zero-order valence-electron chi connectivity index (χ0n) is 9.44. The number of hydrogen-bond acceptors (Lipinski definition) is 5. The summed E-state index contributed by atoms with van der Waals surface area (Å²) in [6.45, 7) is 1.35. The lowest BCUT2D eigenvalue weighted by Gasteiger charge is -2.09. The van der Waals surface area contributed by atoms with Crippen molar-refractivity contribution in [1.82, 2.24) is 9.97 Å². The van der Waals surface area contributed by atoms with E-state index in [1.807, 2.05) is 12.3 Å². The Bertz CT molecular complexity index is 314. The largest absolute Gasteiger partial charge is 0.383 e. The van der Waals surface area contributed by atoms with Gasteiger partial charge in [-0.3, -0.25) is 0 Å². The molecule has 16 heavy (non-hydrogen) atoms. The number of nitrogens with zero attached hydrogens (tertiary/aromatic N) is 2. The molecule has 1 heterocycles. The molecule has 0 saturated carbocycles. The van der Waals surface area contributed by atoms with Crippen LogP contribution in [0.3, 0.4) is 0 Å². The van der Waals surface area contributed by atoms with Crippen molar-refractivity contribution in [3.05, 3.63) is 12.4 Å². The highest BCUT2D eigenvalue weighted by Gasteiger charge is 2.03. The molecule has 0 aliphatic heterocycles. The van der Waals surface area contributed by atoms with Crippen molar-refractivity contribution in [2.24, 2.45) is 0 Å². The van der Waals surface area contributed by atoms with E-state index in [1.54, 1.807) is 25.2 Å². The molecule has 1 rings (SSSR count). The summed E-state index contributed by atoms with van der Waals surface area (Å²) in [5.41, 5.74) is 0. The van der Waals surface area contributed by atoms with E-state index < -0.39 is 0 Å². The molecule has 0 radical (unpaired) electrons. The molecule has 0 amide bonds. The topological polar surface area (TPSA) is 47.0 Å². The second-order valence-electron chi connectivity index (χ2n) is 3.21. The summed E-state index contributed by atoms with van der Waals surface area (Å²) in [6.07, 6.45) is 4.38. The molecule has 1 N–H and O–H groups in total. The lowest BCUT2D eigenvalue weighted by atomic mass is 10.3. The van der Waals surface area contributed by atoms with E-state index in [2.05, 4.69) is 15.3 Å². The normalized spacial score (nSPS) is 12.4. The minimum absolute atomic E-state index is 0.0411. The first-order valence-corrected chi connectivity index (χ1v) is 6.65. The van der Waals surface area contributed by atoms with Gasteiger partial charge in [0.2, 0.25) is 0 Å². The number of alkyl halides is 1. The average Bonchev–Trinajstić information content (AvgIpc) is 2.30. The van der Waals surface area contributed by atoms with E-state index in [0.717, 1.165) is 23.8 Å². The van der Waals surface area contributed by atoms with Crippen molar-refractivity contribution in [2.75, 3.05) is 31.8 Å². The van der Waals surface area contributed by atoms with Crippen LogP contribution in [-0.4, -0.2) is 41.9 Å². The third-order valence-electron chi connectivity index (χ3n) is 1.96. The Morgan fingerprint density at radius 2 is 2.38 bits per heavy atom. The molecule has 4 nitrogen and oxygen atoms in total. The molecule has 0 bridgehead atoms. The van der Waals surface area contributed by atoms with Crippen molar-refractivity contribution in [3.8, 4) is 0 Å². The third-order valence-corrected chi connectivity index (χ3v) is 2.95. The molecule has 90 valence electrons. The van der Waals surface area contributed by atoms with Gasteiger partial charge in [0, 0.05) is 19.7 Å². The zero-order valence-corrected chi connectivity index (χ0v) is 11.0. The Morgan fingerprint density at radius 3 is 3.06 bits per heavy atom. The molecule has 0 saturated heterocycles. The van der Waals surface area contributed by atoms with Crippen LogP contribution in [0.15, 0.2) is 17.4 Å². The van der Waals surface area contributed by atoms with Crippen molar-refractivity contribution in [1.29, 1.82) is 0 Å². The summed E-state index contributed by atoms with van der Waals surface area (Å²) in [5, 5.41) is 4.20. The lowest BCUT2D eigenvalue weighted by Crippen LogP contribution is -2.14. The van der Waals surface area contributed by atoms with Gasteiger partial charge in [0.05, 0.1) is 12.0 Å². The SMILES string of the molecule is COCC(Cl)CCNc1cc(SC)ncn1. The van der Waals surface area contributed by atoms with Crippen molar-refractivity contribution in [3.63, 3.8) is 0 Å². The Kier molecular flexibility index (Phi) is 6.52. The average molecular weight is 262 g/mol. The van der Waals surface area contributed by atoms with Crippen LogP contribution in [0.5, 0.6) is 0 Å². The van der Waals surface area contributed by atoms with Crippen molar-refractivity contribution >= 4 is 29.2 Å². The van der Waals surface area contributed by atoms with Gasteiger partial charge in [-0.1, -0.05) is 0 Å². The second kappa shape index (κ2) is 7.70. The Balaban J connectivity index is 2.31. The molecule has 0 aliphatic carbocycles. The van der Waals surface area contributed by atoms with E-state index in [4.69, 9.17) is 16.3 Å². The number of nitrogens with one attached hydrogen (secondary N) is 1. The number of halogens is 1. The predicted molar refractivity (Wildman–Crippen MR) is 68.4 cm³/mol. The number of thioether (sulfide) groups is 1. The highest BCUT2D eigenvalue weighted by molar-refractivity contribution is 7.98. The molecule has 0 aliphatic rings. The van der Waals surface area contributed by atoms with E-state index in [1.165, 1.54) is 0 Å². The number of ether oxygens (including phenoxy) is 1.